The maximum atomic E-state index is 12.5. The fraction of sp³-hybridized carbons (Fsp3) is 0.200. The number of benzene rings is 1. The van der Waals surface area contributed by atoms with E-state index in [-0.39, 0.29) is 12.1 Å². The molecule has 4 aromatic rings. The molecule has 0 saturated heterocycles. The molecular weight excluding hydrogens is 436 g/mol. The molecule has 0 amide bonds. The molecule has 1 aliphatic rings. The molecule has 8 nitrogen and oxygen atoms in total. The summed E-state index contributed by atoms with van der Waals surface area (Å²) in [7, 11) is 1.48. The number of nitrogens with zero attached hydrogens (tertiary/aromatic N) is 6. The Labute approximate surface area is 174 Å². The summed E-state index contributed by atoms with van der Waals surface area (Å²) in [6.45, 7) is 2.80. The van der Waals surface area contributed by atoms with Gasteiger partial charge in [0.1, 0.15) is 0 Å². The molecule has 1 aromatic carbocycles. The quantitative estimate of drug-likeness (QED) is 0.420. The first-order valence-corrected chi connectivity index (χ1v) is 9.84. The summed E-state index contributed by atoms with van der Waals surface area (Å²) >= 11 is 3.56. The van der Waals surface area contributed by atoms with Crippen molar-refractivity contribution in [3.8, 4) is 22.8 Å². The van der Waals surface area contributed by atoms with E-state index in [2.05, 4.69) is 25.5 Å². The van der Waals surface area contributed by atoms with Crippen molar-refractivity contribution in [2.24, 2.45) is 0 Å². The summed E-state index contributed by atoms with van der Waals surface area (Å²) in [6.07, 6.45) is 3.54. The number of methoxy groups -OCH3 is 1. The SMILES string of the molecule is COc1cccn(Cc2nc3n(n2)Cc2c(C)ncn2-c2ccc(Br)cc2-3)c1=O. The van der Waals surface area contributed by atoms with E-state index in [4.69, 9.17) is 14.8 Å². The summed E-state index contributed by atoms with van der Waals surface area (Å²) in [5.74, 6) is 1.62. The topological polar surface area (TPSA) is 79.8 Å². The van der Waals surface area contributed by atoms with Gasteiger partial charge in [0.15, 0.2) is 17.4 Å². The monoisotopic (exact) mass is 452 g/mol. The van der Waals surface area contributed by atoms with Crippen LogP contribution in [0.2, 0.25) is 0 Å². The van der Waals surface area contributed by atoms with E-state index in [1.807, 2.05) is 36.1 Å². The molecule has 0 N–H and O–H groups in total. The first-order chi connectivity index (χ1) is 14.0. The van der Waals surface area contributed by atoms with E-state index in [0.29, 0.717) is 18.1 Å². The molecule has 0 unspecified atom stereocenters. The van der Waals surface area contributed by atoms with Gasteiger partial charge in [0, 0.05) is 16.2 Å². The summed E-state index contributed by atoms with van der Waals surface area (Å²) in [5, 5.41) is 4.70. The van der Waals surface area contributed by atoms with Crippen molar-refractivity contribution in [1.82, 2.24) is 28.9 Å². The first-order valence-electron chi connectivity index (χ1n) is 9.05. The molecule has 0 bridgehead atoms. The van der Waals surface area contributed by atoms with Gasteiger partial charge < -0.3 is 13.9 Å². The number of aryl methyl sites for hydroxylation is 1. The normalized spacial score (nSPS) is 12.1. The third-order valence-electron chi connectivity index (χ3n) is 5.07. The number of fused-ring (bicyclic) bond motifs is 5. The fourth-order valence-electron chi connectivity index (χ4n) is 3.61. The Morgan fingerprint density at radius 1 is 1.28 bits per heavy atom. The number of halogens is 1. The summed E-state index contributed by atoms with van der Waals surface area (Å²) < 4.78 is 11.6. The Hall–Kier alpha value is -3.20. The van der Waals surface area contributed by atoms with Gasteiger partial charge in [-0.2, -0.15) is 5.10 Å². The first kappa shape index (κ1) is 17.9. The number of hydrogen-bond acceptors (Lipinski definition) is 5. The van der Waals surface area contributed by atoms with Crippen molar-refractivity contribution in [3.63, 3.8) is 0 Å². The average molecular weight is 453 g/mol. The molecule has 0 spiro atoms. The van der Waals surface area contributed by atoms with Crippen molar-refractivity contribution in [2.75, 3.05) is 7.11 Å². The lowest BCUT2D eigenvalue weighted by Crippen LogP contribution is -2.21. The molecule has 0 saturated carbocycles. The molecular formula is C20H17BrN6O2. The second kappa shape index (κ2) is 6.70. The van der Waals surface area contributed by atoms with Crippen molar-refractivity contribution < 1.29 is 4.74 Å². The van der Waals surface area contributed by atoms with Crippen LogP contribution in [0.25, 0.3) is 17.1 Å². The number of hydrogen-bond donors (Lipinski definition) is 0. The van der Waals surface area contributed by atoms with Crippen LogP contribution in [-0.4, -0.2) is 36.0 Å². The van der Waals surface area contributed by atoms with Crippen LogP contribution in [-0.2, 0) is 13.1 Å². The number of imidazole rings is 1. The molecule has 3 aromatic heterocycles. The van der Waals surface area contributed by atoms with Crippen LogP contribution in [0.4, 0.5) is 0 Å². The van der Waals surface area contributed by atoms with Crippen LogP contribution in [0.3, 0.4) is 0 Å². The Bertz CT molecular complexity index is 1300. The Kier molecular flexibility index (Phi) is 4.13. The maximum absolute atomic E-state index is 12.5. The van der Waals surface area contributed by atoms with E-state index < -0.39 is 0 Å². The second-order valence-corrected chi connectivity index (χ2v) is 7.74. The molecule has 5 rings (SSSR count). The number of aromatic nitrogens is 6. The lowest BCUT2D eigenvalue weighted by molar-refractivity contribution is 0.403. The van der Waals surface area contributed by atoms with Gasteiger partial charge in [-0.25, -0.2) is 14.6 Å². The molecule has 146 valence electrons. The maximum Gasteiger partial charge on any atom is 0.293 e. The third-order valence-corrected chi connectivity index (χ3v) is 5.56. The van der Waals surface area contributed by atoms with Gasteiger partial charge in [0.2, 0.25) is 0 Å². The second-order valence-electron chi connectivity index (χ2n) is 6.83. The fourth-order valence-corrected chi connectivity index (χ4v) is 3.97. The van der Waals surface area contributed by atoms with Crippen molar-refractivity contribution in [3.05, 3.63) is 74.9 Å². The number of ether oxygens (including phenoxy) is 1. The number of pyridine rings is 1. The van der Waals surface area contributed by atoms with Crippen LogP contribution in [0.1, 0.15) is 17.2 Å². The van der Waals surface area contributed by atoms with Crippen molar-refractivity contribution >= 4 is 15.9 Å². The molecule has 29 heavy (non-hydrogen) atoms. The van der Waals surface area contributed by atoms with Crippen LogP contribution < -0.4 is 10.3 Å². The summed E-state index contributed by atoms with van der Waals surface area (Å²) in [5.41, 5.74) is 3.75. The molecule has 0 radical (unpaired) electrons. The molecule has 4 heterocycles. The van der Waals surface area contributed by atoms with Crippen LogP contribution in [0, 0.1) is 6.92 Å². The van der Waals surface area contributed by atoms with Gasteiger partial charge in [-0.1, -0.05) is 15.9 Å². The number of rotatable bonds is 3. The molecule has 9 heteroatoms. The zero-order chi connectivity index (χ0) is 20.1. The van der Waals surface area contributed by atoms with Crippen molar-refractivity contribution in [2.45, 2.75) is 20.0 Å². The van der Waals surface area contributed by atoms with Gasteiger partial charge in [-0.15, -0.1) is 0 Å². The molecule has 0 fully saturated rings. The Balaban J connectivity index is 1.64. The smallest absolute Gasteiger partial charge is 0.293 e. The molecule has 1 aliphatic heterocycles. The van der Waals surface area contributed by atoms with Gasteiger partial charge in [0.25, 0.3) is 5.56 Å². The predicted octanol–water partition coefficient (Wildman–Crippen LogP) is 2.78. The standard InChI is InChI=1S/C20H17BrN6O2/c1-12-16-9-27-19(14-8-13(21)5-6-15(14)26(16)11-22-12)23-18(24-27)10-25-7-3-4-17(29-2)20(25)28/h3-8,11H,9-10H2,1-2H3. The molecule has 0 atom stereocenters. The van der Waals surface area contributed by atoms with E-state index >= 15 is 0 Å². The zero-order valence-electron chi connectivity index (χ0n) is 15.8. The minimum absolute atomic E-state index is 0.211. The minimum atomic E-state index is -0.211. The summed E-state index contributed by atoms with van der Waals surface area (Å²) in [6, 6.07) is 9.49. The molecule has 0 aliphatic carbocycles. The Morgan fingerprint density at radius 2 is 2.14 bits per heavy atom. The predicted molar refractivity (Wildman–Crippen MR) is 110 cm³/mol. The van der Waals surface area contributed by atoms with Gasteiger partial charge in [-0.3, -0.25) is 4.79 Å². The van der Waals surface area contributed by atoms with E-state index in [9.17, 15) is 4.79 Å². The van der Waals surface area contributed by atoms with Gasteiger partial charge in [0.05, 0.1) is 43.6 Å². The zero-order valence-corrected chi connectivity index (χ0v) is 17.4. The summed E-state index contributed by atoms with van der Waals surface area (Å²) in [4.78, 5) is 21.7. The van der Waals surface area contributed by atoms with E-state index in [1.165, 1.54) is 7.11 Å². The van der Waals surface area contributed by atoms with Gasteiger partial charge in [-0.05, 0) is 37.3 Å². The minimum Gasteiger partial charge on any atom is -0.491 e. The van der Waals surface area contributed by atoms with Crippen LogP contribution in [0.5, 0.6) is 5.75 Å². The lowest BCUT2D eigenvalue weighted by atomic mass is 10.1. The highest BCUT2D eigenvalue weighted by molar-refractivity contribution is 9.10. The highest BCUT2D eigenvalue weighted by Gasteiger charge is 2.24. The highest BCUT2D eigenvalue weighted by Crippen LogP contribution is 2.33. The van der Waals surface area contributed by atoms with E-state index in [0.717, 1.165) is 32.9 Å². The highest BCUT2D eigenvalue weighted by atomic mass is 79.9. The third kappa shape index (κ3) is 2.89. The van der Waals surface area contributed by atoms with Crippen LogP contribution in [0.15, 0.2) is 52.1 Å². The Morgan fingerprint density at radius 3 is 2.97 bits per heavy atom. The lowest BCUT2D eigenvalue weighted by Gasteiger charge is -2.09. The average Bonchev–Trinajstić information content (AvgIpc) is 3.24. The van der Waals surface area contributed by atoms with Crippen molar-refractivity contribution in [1.29, 1.82) is 0 Å². The van der Waals surface area contributed by atoms with E-state index in [1.54, 1.807) is 22.9 Å². The largest absolute Gasteiger partial charge is 0.491 e. The van der Waals surface area contributed by atoms with Crippen LogP contribution >= 0.6 is 15.9 Å². The van der Waals surface area contributed by atoms with Gasteiger partial charge >= 0.3 is 0 Å².